The predicted octanol–water partition coefficient (Wildman–Crippen LogP) is -1.33. The molecule has 0 saturated carbocycles. The molecule has 4 unspecified atom stereocenters. The summed E-state index contributed by atoms with van der Waals surface area (Å²) in [5.74, 6) is -5.03. The number of benzene rings is 1. The molecule has 14 heteroatoms. The van der Waals surface area contributed by atoms with Gasteiger partial charge in [0.15, 0.2) is 0 Å². The summed E-state index contributed by atoms with van der Waals surface area (Å²) in [5, 5.41) is 38.7. The molecule has 0 aliphatic carbocycles. The van der Waals surface area contributed by atoms with Crippen LogP contribution in [0.15, 0.2) is 36.8 Å². The second kappa shape index (κ2) is 13.2. The van der Waals surface area contributed by atoms with Gasteiger partial charge in [-0.3, -0.25) is 19.2 Å². The van der Waals surface area contributed by atoms with Gasteiger partial charge < -0.3 is 41.6 Å². The number of imidazole rings is 1. The van der Waals surface area contributed by atoms with Crippen molar-refractivity contribution >= 4 is 29.7 Å². The molecule has 1 aliphatic heterocycles. The van der Waals surface area contributed by atoms with Crippen molar-refractivity contribution in [1.82, 2.24) is 31.2 Å². The van der Waals surface area contributed by atoms with Crippen LogP contribution in [-0.2, 0) is 36.8 Å². The lowest BCUT2D eigenvalue weighted by Gasteiger charge is -2.24. The molecule has 3 rings (SSSR count). The molecule has 0 radical (unpaired) electrons. The summed E-state index contributed by atoms with van der Waals surface area (Å²) in [7, 11) is 0. The predicted molar refractivity (Wildman–Crippen MR) is 131 cm³/mol. The lowest BCUT2D eigenvalue weighted by Crippen LogP contribution is -2.58. The highest BCUT2D eigenvalue weighted by molar-refractivity contribution is 5.95. The quantitative estimate of drug-likeness (QED) is 0.152. The minimum Gasteiger partial charge on any atom is -0.508 e. The van der Waals surface area contributed by atoms with E-state index in [9.17, 15) is 39.3 Å². The number of hydrogen-bond donors (Lipinski definition) is 8. The highest BCUT2D eigenvalue weighted by Gasteiger charge is 2.32. The van der Waals surface area contributed by atoms with Crippen LogP contribution in [0.4, 0.5) is 0 Å². The number of aromatic amines is 1. The maximum atomic E-state index is 13.2. The molecule has 8 N–H and O–H groups in total. The van der Waals surface area contributed by atoms with Gasteiger partial charge in [-0.2, -0.15) is 0 Å². The van der Waals surface area contributed by atoms with Gasteiger partial charge in [0.2, 0.25) is 17.7 Å². The number of rotatable bonds is 13. The number of aliphatic carboxylic acids is 2. The number of hydrogen-bond acceptors (Lipinski definition) is 8. The van der Waals surface area contributed by atoms with Gasteiger partial charge in [-0.15, -0.1) is 0 Å². The lowest BCUT2D eigenvalue weighted by atomic mass is 10.0. The highest BCUT2D eigenvalue weighted by atomic mass is 16.4. The van der Waals surface area contributed by atoms with Gasteiger partial charge in [-0.1, -0.05) is 12.1 Å². The number of phenols is 1. The minimum atomic E-state index is -1.62. The molecule has 204 valence electrons. The smallest absolute Gasteiger partial charge is 0.326 e. The SMILES string of the molecule is O=C(O)CC(NC(=O)C(Cc1ccc(O)cc1)NC(=O)C1CCCN1)C(=O)NC(Cc1cnc[nH]1)C(=O)O. The van der Waals surface area contributed by atoms with Gasteiger partial charge in [-0.05, 0) is 37.1 Å². The third kappa shape index (κ3) is 8.30. The zero-order valence-electron chi connectivity index (χ0n) is 20.3. The van der Waals surface area contributed by atoms with E-state index in [0.29, 0.717) is 24.2 Å². The zero-order valence-corrected chi connectivity index (χ0v) is 20.3. The largest absolute Gasteiger partial charge is 0.508 e. The number of nitrogens with one attached hydrogen (secondary N) is 5. The Hall–Kier alpha value is -4.46. The van der Waals surface area contributed by atoms with Crippen molar-refractivity contribution in [2.75, 3.05) is 6.54 Å². The van der Waals surface area contributed by atoms with Crippen LogP contribution >= 0.6 is 0 Å². The van der Waals surface area contributed by atoms with E-state index < -0.39 is 60.2 Å². The first-order valence-corrected chi connectivity index (χ1v) is 12.0. The minimum absolute atomic E-state index is 0.00949. The van der Waals surface area contributed by atoms with Crippen molar-refractivity contribution < 1.29 is 39.3 Å². The first-order chi connectivity index (χ1) is 18.1. The van der Waals surface area contributed by atoms with Gasteiger partial charge in [-0.25, -0.2) is 9.78 Å². The Morgan fingerprint density at radius 3 is 2.21 bits per heavy atom. The van der Waals surface area contributed by atoms with Crippen LogP contribution in [-0.4, -0.2) is 85.7 Å². The standard InChI is InChI=1S/C24H30N6O8/c31-15-5-3-13(4-6-15)8-17(28-21(34)16-2-1-7-26-16)22(35)29-18(10-20(32)33)23(36)30-19(24(37)38)9-14-11-25-12-27-14/h3-6,11-12,16-19,26,31H,1-2,7-10H2,(H,25,27)(H,28,34)(H,29,35)(H,30,36)(H,32,33)(H,37,38). The summed E-state index contributed by atoms with van der Waals surface area (Å²) in [4.78, 5) is 68.5. The van der Waals surface area contributed by atoms with E-state index in [2.05, 4.69) is 31.2 Å². The molecule has 1 fully saturated rings. The maximum absolute atomic E-state index is 13.2. The Balaban J connectivity index is 1.75. The van der Waals surface area contributed by atoms with Crippen LogP contribution in [0.5, 0.6) is 5.75 Å². The molecule has 1 aromatic heterocycles. The van der Waals surface area contributed by atoms with Gasteiger partial charge in [0.05, 0.1) is 18.8 Å². The number of nitrogens with zero attached hydrogens (tertiary/aromatic N) is 1. The Morgan fingerprint density at radius 1 is 0.947 bits per heavy atom. The molecule has 3 amide bonds. The van der Waals surface area contributed by atoms with Crippen LogP contribution in [0.2, 0.25) is 0 Å². The van der Waals surface area contributed by atoms with Crippen molar-refractivity contribution in [1.29, 1.82) is 0 Å². The first-order valence-electron chi connectivity index (χ1n) is 12.0. The molecule has 0 bridgehead atoms. The number of carbonyl (C=O) groups is 5. The number of phenolic OH excluding ortho intramolecular Hbond substituents is 1. The summed E-state index contributed by atoms with van der Waals surface area (Å²) < 4.78 is 0. The highest BCUT2D eigenvalue weighted by Crippen LogP contribution is 2.13. The van der Waals surface area contributed by atoms with E-state index in [1.54, 1.807) is 12.1 Å². The molecule has 2 aromatic rings. The van der Waals surface area contributed by atoms with Gasteiger partial charge in [0.1, 0.15) is 23.9 Å². The Bertz CT molecular complexity index is 1130. The van der Waals surface area contributed by atoms with E-state index in [-0.39, 0.29) is 18.6 Å². The van der Waals surface area contributed by atoms with Gasteiger partial charge in [0.25, 0.3) is 0 Å². The molecule has 14 nitrogen and oxygen atoms in total. The fraction of sp³-hybridized carbons (Fsp3) is 0.417. The Morgan fingerprint density at radius 2 is 1.63 bits per heavy atom. The average Bonchev–Trinajstić information content (AvgIpc) is 3.58. The molecule has 1 saturated heterocycles. The fourth-order valence-corrected chi connectivity index (χ4v) is 4.00. The van der Waals surface area contributed by atoms with Crippen LogP contribution in [0.3, 0.4) is 0 Å². The topological polar surface area (TPSA) is 223 Å². The summed E-state index contributed by atoms with van der Waals surface area (Å²) in [5.41, 5.74) is 1.01. The van der Waals surface area contributed by atoms with Crippen LogP contribution < -0.4 is 21.3 Å². The van der Waals surface area contributed by atoms with E-state index in [1.165, 1.54) is 24.7 Å². The van der Waals surface area contributed by atoms with E-state index in [4.69, 9.17) is 0 Å². The van der Waals surface area contributed by atoms with Crippen LogP contribution in [0.1, 0.15) is 30.5 Å². The van der Waals surface area contributed by atoms with Gasteiger partial charge >= 0.3 is 11.9 Å². The molecular weight excluding hydrogens is 500 g/mol. The third-order valence-electron chi connectivity index (χ3n) is 5.99. The van der Waals surface area contributed by atoms with E-state index in [1.807, 2.05) is 0 Å². The molecule has 4 atom stereocenters. The lowest BCUT2D eigenvalue weighted by molar-refractivity contribution is -0.143. The molecule has 1 aromatic carbocycles. The fourth-order valence-electron chi connectivity index (χ4n) is 4.00. The second-order valence-corrected chi connectivity index (χ2v) is 8.92. The number of carboxylic acids is 2. The number of amides is 3. The number of aromatic nitrogens is 2. The Kier molecular flexibility index (Phi) is 9.76. The monoisotopic (exact) mass is 530 g/mol. The molecule has 1 aliphatic rings. The van der Waals surface area contributed by atoms with Crippen molar-refractivity contribution in [3.63, 3.8) is 0 Å². The third-order valence-corrected chi connectivity index (χ3v) is 5.99. The molecule has 2 heterocycles. The summed E-state index contributed by atoms with van der Waals surface area (Å²) in [6.07, 6.45) is 3.11. The second-order valence-electron chi connectivity index (χ2n) is 8.92. The first kappa shape index (κ1) is 28.1. The van der Waals surface area contributed by atoms with E-state index >= 15 is 0 Å². The summed E-state index contributed by atoms with van der Waals surface area (Å²) >= 11 is 0. The number of aromatic hydroxyl groups is 1. The molecule has 38 heavy (non-hydrogen) atoms. The van der Waals surface area contributed by atoms with Crippen LogP contribution in [0, 0.1) is 0 Å². The van der Waals surface area contributed by atoms with Crippen molar-refractivity contribution in [2.24, 2.45) is 0 Å². The Labute approximate surface area is 217 Å². The van der Waals surface area contributed by atoms with Gasteiger partial charge in [0, 0.05) is 24.7 Å². The number of carboxylic acid groups (broad SMARTS) is 2. The average molecular weight is 531 g/mol. The van der Waals surface area contributed by atoms with Crippen molar-refractivity contribution in [3.05, 3.63) is 48.0 Å². The van der Waals surface area contributed by atoms with E-state index in [0.717, 1.165) is 6.42 Å². The molecular formula is C24H30N6O8. The number of carbonyl (C=O) groups excluding carboxylic acids is 3. The molecule has 0 spiro atoms. The summed E-state index contributed by atoms with van der Waals surface area (Å²) in [6.45, 7) is 0.650. The van der Waals surface area contributed by atoms with Crippen molar-refractivity contribution in [2.45, 2.75) is 56.3 Å². The normalized spacial score (nSPS) is 17.1. The van der Waals surface area contributed by atoms with Crippen molar-refractivity contribution in [3.8, 4) is 5.75 Å². The zero-order chi connectivity index (χ0) is 27.7. The van der Waals surface area contributed by atoms with Crippen LogP contribution in [0.25, 0.3) is 0 Å². The number of H-pyrrole nitrogens is 1. The summed E-state index contributed by atoms with van der Waals surface area (Å²) in [6, 6.07) is 1.23. The maximum Gasteiger partial charge on any atom is 0.326 e.